The van der Waals surface area contributed by atoms with Crippen LogP contribution in [0.25, 0.3) is 0 Å². The Morgan fingerprint density at radius 1 is 1.17 bits per heavy atom. The number of amides is 1. The monoisotopic (exact) mass is 421 g/mol. The molecule has 0 aliphatic heterocycles. The summed E-state index contributed by atoms with van der Waals surface area (Å²) in [6, 6.07) is 10.4. The number of nitrogens with zero attached hydrogens (tertiary/aromatic N) is 1. The van der Waals surface area contributed by atoms with Crippen LogP contribution in [0.1, 0.15) is 51.9 Å². The molecule has 0 spiro atoms. The molecule has 0 bridgehead atoms. The summed E-state index contributed by atoms with van der Waals surface area (Å²) in [5, 5.41) is 0. The van der Waals surface area contributed by atoms with Crippen LogP contribution in [0.3, 0.4) is 0 Å². The van der Waals surface area contributed by atoms with E-state index >= 15 is 0 Å². The molecule has 0 saturated heterocycles. The second-order valence-electron chi connectivity index (χ2n) is 8.84. The molecule has 6 nitrogen and oxygen atoms in total. The van der Waals surface area contributed by atoms with Crippen LogP contribution in [0.5, 0.6) is 5.75 Å². The van der Waals surface area contributed by atoms with Crippen molar-refractivity contribution in [3.8, 4) is 5.75 Å². The number of furan rings is 1. The second kappa shape index (κ2) is 9.48. The quantitative estimate of drug-likeness (QED) is 0.553. The fourth-order valence-electron chi connectivity index (χ4n) is 3.46. The molecule has 0 aliphatic carbocycles. The smallest absolute Gasteiger partial charge is 0.306 e. The summed E-state index contributed by atoms with van der Waals surface area (Å²) in [5.74, 6) is 1.22. The van der Waals surface area contributed by atoms with E-state index in [1.54, 1.807) is 35.4 Å². The van der Waals surface area contributed by atoms with Crippen LogP contribution >= 0.6 is 0 Å². The lowest BCUT2D eigenvalue weighted by Gasteiger charge is -2.27. The van der Waals surface area contributed by atoms with Gasteiger partial charge < -0.3 is 13.5 Å². The number of rotatable bonds is 9. The Kier molecular flexibility index (Phi) is 7.52. The Hall–Kier alpha value is -2.28. The van der Waals surface area contributed by atoms with Gasteiger partial charge >= 0.3 is 10.1 Å². The van der Waals surface area contributed by atoms with Crippen molar-refractivity contribution in [2.45, 2.75) is 53.6 Å². The molecule has 1 amide bonds. The molecule has 1 aromatic carbocycles. The maximum Gasteiger partial charge on any atom is 0.306 e. The number of carbonyl (C=O) groups excluding carboxylic acids is 1. The highest BCUT2D eigenvalue weighted by molar-refractivity contribution is 7.86. The predicted molar refractivity (Wildman–Crippen MR) is 113 cm³/mol. The number of benzene rings is 1. The van der Waals surface area contributed by atoms with Crippen LogP contribution in [0.15, 0.2) is 47.1 Å². The number of hydrogen-bond acceptors (Lipinski definition) is 5. The molecule has 29 heavy (non-hydrogen) atoms. The van der Waals surface area contributed by atoms with E-state index in [4.69, 9.17) is 8.60 Å². The van der Waals surface area contributed by atoms with Crippen molar-refractivity contribution in [3.63, 3.8) is 0 Å². The Morgan fingerprint density at radius 3 is 2.48 bits per heavy atom. The Morgan fingerprint density at radius 2 is 1.90 bits per heavy atom. The summed E-state index contributed by atoms with van der Waals surface area (Å²) in [6.07, 6.45) is 3.98. The van der Waals surface area contributed by atoms with Crippen LogP contribution in [0.2, 0.25) is 0 Å². The molecule has 1 atom stereocenters. The molecule has 1 unspecified atom stereocenters. The lowest BCUT2D eigenvalue weighted by Crippen LogP contribution is -2.31. The molecule has 160 valence electrons. The number of carbonyl (C=O) groups is 1. The molecule has 1 heterocycles. The summed E-state index contributed by atoms with van der Waals surface area (Å²) >= 11 is 0. The van der Waals surface area contributed by atoms with Gasteiger partial charge in [-0.1, -0.05) is 39.8 Å². The van der Waals surface area contributed by atoms with E-state index in [1.807, 2.05) is 12.1 Å². The molecule has 2 aromatic rings. The fraction of sp³-hybridized carbons (Fsp3) is 0.500. The van der Waals surface area contributed by atoms with Crippen molar-refractivity contribution >= 4 is 16.0 Å². The third-order valence-electron chi connectivity index (χ3n) is 4.28. The van der Waals surface area contributed by atoms with E-state index in [9.17, 15) is 13.2 Å². The summed E-state index contributed by atoms with van der Waals surface area (Å²) in [7, 11) is -3.61. The first-order chi connectivity index (χ1) is 13.4. The molecular formula is C22H31NO5S. The number of hydrogen-bond donors (Lipinski definition) is 0. The minimum atomic E-state index is -3.61. The second-order valence-corrected chi connectivity index (χ2v) is 10.4. The molecule has 2 rings (SSSR count). The maximum atomic E-state index is 13.0. The van der Waals surface area contributed by atoms with E-state index in [-0.39, 0.29) is 23.0 Å². The largest absolute Gasteiger partial charge is 0.467 e. The summed E-state index contributed by atoms with van der Waals surface area (Å²) in [4.78, 5) is 14.8. The lowest BCUT2D eigenvalue weighted by atomic mass is 9.84. The zero-order chi connectivity index (χ0) is 21.7. The van der Waals surface area contributed by atoms with Crippen molar-refractivity contribution in [1.82, 2.24) is 4.90 Å². The van der Waals surface area contributed by atoms with E-state index in [0.717, 1.165) is 18.2 Å². The third-order valence-corrected chi connectivity index (χ3v) is 4.78. The van der Waals surface area contributed by atoms with E-state index in [0.29, 0.717) is 25.3 Å². The molecule has 0 saturated carbocycles. The van der Waals surface area contributed by atoms with Gasteiger partial charge in [-0.25, -0.2) is 0 Å². The van der Waals surface area contributed by atoms with Crippen LogP contribution in [0.4, 0.5) is 0 Å². The summed E-state index contributed by atoms with van der Waals surface area (Å²) in [5.41, 5.74) is 0.942. The van der Waals surface area contributed by atoms with Gasteiger partial charge in [0.15, 0.2) is 0 Å². The van der Waals surface area contributed by atoms with Gasteiger partial charge in [-0.05, 0) is 47.6 Å². The Balaban J connectivity index is 2.16. The standard InChI is InChI=1S/C22H31NO5S/c1-17(14-22(2,3)4)12-21(24)23(16-20-10-7-11-27-20)15-18-8-6-9-19(13-18)28-29(5,25)26/h6-11,13,17H,12,14-16H2,1-5H3. The van der Waals surface area contributed by atoms with E-state index in [1.165, 1.54) is 0 Å². The highest BCUT2D eigenvalue weighted by Crippen LogP contribution is 2.27. The van der Waals surface area contributed by atoms with Crippen molar-refractivity contribution in [2.75, 3.05) is 6.26 Å². The van der Waals surface area contributed by atoms with Gasteiger partial charge in [0.25, 0.3) is 0 Å². The molecule has 0 fully saturated rings. The van der Waals surface area contributed by atoms with Crippen LogP contribution in [-0.2, 0) is 28.0 Å². The van der Waals surface area contributed by atoms with Crippen LogP contribution in [0, 0.1) is 11.3 Å². The molecule has 1 aromatic heterocycles. The van der Waals surface area contributed by atoms with Gasteiger partial charge in [0, 0.05) is 13.0 Å². The highest BCUT2D eigenvalue weighted by Gasteiger charge is 2.22. The SMILES string of the molecule is CC(CC(=O)N(Cc1cccc(OS(C)(=O)=O)c1)Cc1ccco1)CC(C)(C)C. The lowest BCUT2D eigenvalue weighted by molar-refractivity contribution is -0.133. The van der Waals surface area contributed by atoms with Gasteiger partial charge in [-0.2, -0.15) is 8.42 Å². The topological polar surface area (TPSA) is 76.8 Å². The zero-order valence-corrected chi connectivity index (χ0v) is 18.7. The minimum Gasteiger partial charge on any atom is -0.467 e. The van der Waals surface area contributed by atoms with Crippen LogP contribution < -0.4 is 4.18 Å². The Bertz CT molecular complexity index is 898. The molecule has 7 heteroatoms. The first-order valence-corrected chi connectivity index (χ1v) is 11.5. The molecule has 0 N–H and O–H groups in total. The molecule has 0 aliphatic rings. The van der Waals surface area contributed by atoms with Crippen LogP contribution in [-0.4, -0.2) is 25.5 Å². The maximum absolute atomic E-state index is 13.0. The predicted octanol–water partition coefficient (Wildman–Crippen LogP) is 4.61. The van der Waals surface area contributed by atoms with Gasteiger partial charge in [-0.15, -0.1) is 0 Å². The van der Waals surface area contributed by atoms with Gasteiger partial charge in [0.1, 0.15) is 11.5 Å². The first kappa shape index (κ1) is 23.0. The van der Waals surface area contributed by atoms with E-state index < -0.39 is 10.1 Å². The van der Waals surface area contributed by atoms with Crippen molar-refractivity contribution < 1.29 is 21.8 Å². The van der Waals surface area contributed by atoms with E-state index in [2.05, 4.69) is 27.7 Å². The zero-order valence-electron chi connectivity index (χ0n) is 17.8. The molecular weight excluding hydrogens is 390 g/mol. The normalized spacial score (nSPS) is 13.1. The fourth-order valence-corrected chi connectivity index (χ4v) is 3.91. The Labute approximate surface area is 174 Å². The highest BCUT2D eigenvalue weighted by atomic mass is 32.2. The average molecular weight is 422 g/mol. The first-order valence-electron chi connectivity index (χ1n) is 9.70. The molecule has 0 radical (unpaired) electrons. The van der Waals surface area contributed by atoms with Crippen molar-refractivity contribution in [1.29, 1.82) is 0 Å². The van der Waals surface area contributed by atoms with Crippen molar-refractivity contribution in [3.05, 3.63) is 54.0 Å². The van der Waals surface area contributed by atoms with Gasteiger partial charge in [0.05, 0.1) is 19.1 Å². The summed E-state index contributed by atoms with van der Waals surface area (Å²) in [6.45, 7) is 9.29. The average Bonchev–Trinajstić information content (AvgIpc) is 3.04. The van der Waals surface area contributed by atoms with Gasteiger partial charge in [-0.3, -0.25) is 4.79 Å². The third kappa shape index (κ3) is 8.73. The summed E-state index contributed by atoms with van der Waals surface area (Å²) < 4.78 is 33.2. The van der Waals surface area contributed by atoms with Gasteiger partial charge in [0.2, 0.25) is 5.91 Å². The minimum absolute atomic E-state index is 0.0348. The van der Waals surface area contributed by atoms with Crippen molar-refractivity contribution in [2.24, 2.45) is 11.3 Å².